The molecule has 2 aromatic carbocycles. The molecule has 4 rings (SSSR count). The number of aromatic hydroxyl groups is 1. The van der Waals surface area contributed by atoms with E-state index in [9.17, 15) is 9.90 Å². The average Bonchev–Trinajstić information content (AvgIpc) is 3.20. The van der Waals surface area contributed by atoms with Gasteiger partial charge in [0, 0.05) is 22.9 Å². The molecule has 1 aliphatic heterocycles. The van der Waals surface area contributed by atoms with E-state index >= 15 is 0 Å². The van der Waals surface area contributed by atoms with E-state index in [0.29, 0.717) is 51.4 Å². The minimum atomic E-state index is -0.739. The first kappa shape index (κ1) is 21.0. The summed E-state index contributed by atoms with van der Waals surface area (Å²) >= 11 is 0. The predicted molar refractivity (Wildman–Crippen MR) is 117 cm³/mol. The third-order valence-electron chi connectivity index (χ3n) is 5.25. The number of aromatic nitrogens is 3. The lowest BCUT2D eigenvalue weighted by Gasteiger charge is -2.29. The summed E-state index contributed by atoms with van der Waals surface area (Å²) in [6, 6.07) is 9.26. The van der Waals surface area contributed by atoms with Crippen molar-refractivity contribution in [2.24, 2.45) is 5.73 Å². The lowest BCUT2D eigenvalue weighted by molar-refractivity contribution is -0.115. The summed E-state index contributed by atoms with van der Waals surface area (Å²) in [6.45, 7) is 1.74. The summed E-state index contributed by atoms with van der Waals surface area (Å²) in [4.78, 5) is 17.1. The number of hydrogen-bond donors (Lipinski definition) is 3. The van der Waals surface area contributed by atoms with E-state index in [1.165, 1.54) is 21.3 Å². The Morgan fingerprint density at radius 1 is 1.09 bits per heavy atom. The molecule has 0 saturated heterocycles. The zero-order valence-corrected chi connectivity index (χ0v) is 18.0. The summed E-state index contributed by atoms with van der Waals surface area (Å²) in [7, 11) is 4.57. The molecule has 10 heteroatoms. The zero-order chi connectivity index (χ0) is 23.0. The van der Waals surface area contributed by atoms with Crippen LogP contribution in [0.25, 0.3) is 11.4 Å². The van der Waals surface area contributed by atoms with Gasteiger partial charge in [-0.25, -0.2) is 4.68 Å². The highest BCUT2D eigenvalue weighted by Crippen LogP contribution is 2.44. The third-order valence-corrected chi connectivity index (χ3v) is 5.25. The van der Waals surface area contributed by atoms with Gasteiger partial charge in [0.05, 0.1) is 26.9 Å². The minimum absolute atomic E-state index is 0.0912. The average molecular weight is 437 g/mol. The monoisotopic (exact) mass is 437 g/mol. The number of anilines is 1. The number of allylic oxidation sites excluding steroid dienone is 1. The summed E-state index contributed by atoms with van der Waals surface area (Å²) < 4.78 is 18.0. The Labute approximate surface area is 184 Å². The number of hydrogen-bond acceptors (Lipinski definition) is 8. The Kier molecular flexibility index (Phi) is 5.35. The Morgan fingerprint density at radius 3 is 2.41 bits per heavy atom. The second-order valence-electron chi connectivity index (χ2n) is 7.13. The van der Waals surface area contributed by atoms with Crippen LogP contribution in [0.2, 0.25) is 0 Å². The largest absolute Gasteiger partial charge is 0.508 e. The van der Waals surface area contributed by atoms with E-state index in [1.807, 2.05) is 0 Å². The number of phenols is 1. The fourth-order valence-corrected chi connectivity index (χ4v) is 3.79. The predicted octanol–water partition coefficient (Wildman–Crippen LogP) is 2.45. The van der Waals surface area contributed by atoms with Gasteiger partial charge in [0.2, 0.25) is 11.9 Å². The molecule has 10 nitrogen and oxygen atoms in total. The van der Waals surface area contributed by atoms with Crippen molar-refractivity contribution in [3.05, 3.63) is 53.2 Å². The molecule has 166 valence electrons. The Balaban J connectivity index is 1.96. The van der Waals surface area contributed by atoms with E-state index in [-0.39, 0.29) is 5.75 Å². The van der Waals surface area contributed by atoms with Crippen molar-refractivity contribution in [2.45, 2.75) is 13.0 Å². The van der Waals surface area contributed by atoms with Crippen molar-refractivity contribution in [1.29, 1.82) is 0 Å². The zero-order valence-electron chi connectivity index (χ0n) is 18.0. The molecule has 0 aliphatic carbocycles. The first-order valence-corrected chi connectivity index (χ1v) is 9.71. The molecule has 0 saturated carbocycles. The first-order chi connectivity index (χ1) is 15.4. The molecule has 0 bridgehead atoms. The van der Waals surface area contributed by atoms with Gasteiger partial charge < -0.3 is 30.4 Å². The molecule has 0 radical (unpaired) electrons. The fourth-order valence-electron chi connectivity index (χ4n) is 3.79. The SMILES string of the molecule is COc1cc(OC)c(C2C(C(N)=O)=C(C)Nc3nc(-c4cccc(O)c4)nn32)cc1OC. The van der Waals surface area contributed by atoms with Crippen LogP contribution in [0.4, 0.5) is 5.95 Å². The van der Waals surface area contributed by atoms with E-state index < -0.39 is 11.9 Å². The van der Waals surface area contributed by atoms with E-state index in [2.05, 4.69) is 15.4 Å². The van der Waals surface area contributed by atoms with Crippen LogP contribution >= 0.6 is 0 Å². The van der Waals surface area contributed by atoms with Crippen molar-refractivity contribution in [2.75, 3.05) is 26.6 Å². The van der Waals surface area contributed by atoms with E-state index in [1.54, 1.807) is 48.0 Å². The molecule has 0 spiro atoms. The second kappa shape index (κ2) is 8.14. The van der Waals surface area contributed by atoms with Crippen molar-refractivity contribution in [3.8, 4) is 34.4 Å². The lowest BCUT2D eigenvalue weighted by atomic mass is 9.94. The summed E-state index contributed by atoms with van der Waals surface area (Å²) in [5, 5.41) is 17.6. The van der Waals surface area contributed by atoms with Crippen LogP contribution in [0.5, 0.6) is 23.0 Å². The van der Waals surface area contributed by atoms with Crippen LogP contribution in [-0.4, -0.2) is 47.1 Å². The quantitative estimate of drug-likeness (QED) is 0.535. The molecule has 1 unspecified atom stereocenters. The molecular weight excluding hydrogens is 414 g/mol. The number of rotatable bonds is 6. The Hall–Kier alpha value is -4.21. The number of carbonyl (C=O) groups is 1. The van der Waals surface area contributed by atoms with Gasteiger partial charge in [-0.1, -0.05) is 12.1 Å². The number of nitrogens with two attached hydrogens (primary N) is 1. The first-order valence-electron chi connectivity index (χ1n) is 9.71. The summed E-state index contributed by atoms with van der Waals surface area (Å²) in [5.74, 6) is 1.65. The number of methoxy groups -OCH3 is 3. The molecule has 3 aromatic rings. The van der Waals surface area contributed by atoms with E-state index in [0.717, 1.165) is 0 Å². The molecule has 4 N–H and O–H groups in total. The van der Waals surface area contributed by atoms with Gasteiger partial charge in [-0.05, 0) is 25.1 Å². The smallest absolute Gasteiger partial charge is 0.248 e. The van der Waals surface area contributed by atoms with Crippen molar-refractivity contribution < 1.29 is 24.1 Å². The van der Waals surface area contributed by atoms with Crippen molar-refractivity contribution in [3.63, 3.8) is 0 Å². The molecule has 1 aromatic heterocycles. The standard InChI is InChI=1S/C22H23N5O5/c1-11-18(20(23)29)19(14-9-16(31-3)17(32-4)10-15(14)30-2)27-22(24-11)25-21(26-27)12-6-5-7-13(28)8-12/h5-10,19,28H,1-4H3,(H2,23,29)(H,24,25,26). The fraction of sp³-hybridized carbons (Fsp3) is 0.227. The summed E-state index contributed by atoms with van der Waals surface area (Å²) in [5.41, 5.74) is 7.82. The van der Waals surface area contributed by atoms with Crippen LogP contribution in [0.3, 0.4) is 0 Å². The Bertz CT molecular complexity index is 1230. The highest BCUT2D eigenvalue weighted by Gasteiger charge is 2.36. The van der Waals surface area contributed by atoms with Gasteiger partial charge in [0.1, 0.15) is 17.5 Å². The van der Waals surface area contributed by atoms with Crippen LogP contribution in [-0.2, 0) is 4.79 Å². The number of benzene rings is 2. The maximum atomic E-state index is 12.5. The molecule has 1 amide bonds. The number of primary amides is 1. The number of fused-ring (bicyclic) bond motifs is 1. The Morgan fingerprint density at radius 2 is 1.78 bits per heavy atom. The van der Waals surface area contributed by atoms with E-state index in [4.69, 9.17) is 19.9 Å². The van der Waals surface area contributed by atoms with Gasteiger partial charge in [-0.15, -0.1) is 5.10 Å². The second-order valence-corrected chi connectivity index (χ2v) is 7.13. The molecule has 2 heterocycles. The lowest BCUT2D eigenvalue weighted by Crippen LogP contribution is -2.32. The topological polar surface area (TPSA) is 134 Å². The van der Waals surface area contributed by atoms with Gasteiger partial charge in [0.15, 0.2) is 17.3 Å². The normalized spacial score (nSPS) is 15.1. The molecular formula is C22H23N5O5. The van der Waals surface area contributed by atoms with Gasteiger partial charge in [-0.2, -0.15) is 4.98 Å². The highest BCUT2D eigenvalue weighted by molar-refractivity contribution is 5.95. The number of ether oxygens (including phenoxy) is 3. The van der Waals surface area contributed by atoms with Crippen molar-refractivity contribution in [1.82, 2.24) is 14.8 Å². The van der Waals surface area contributed by atoms with Crippen LogP contribution in [0.15, 0.2) is 47.7 Å². The van der Waals surface area contributed by atoms with Gasteiger partial charge in [-0.3, -0.25) is 4.79 Å². The summed E-state index contributed by atoms with van der Waals surface area (Å²) in [6.07, 6.45) is 0. The number of phenolic OH excluding ortho intramolecular Hbond substituents is 1. The van der Waals surface area contributed by atoms with Crippen LogP contribution in [0, 0.1) is 0 Å². The minimum Gasteiger partial charge on any atom is -0.508 e. The highest BCUT2D eigenvalue weighted by atomic mass is 16.5. The number of amides is 1. The maximum Gasteiger partial charge on any atom is 0.248 e. The van der Waals surface area contributed by atoms with Crippen LogP contribution < -0.4 is 25.3 Å². The molecule has 1 aliphatic rings. The number of nitrogens with one attached hydrogen (secondary N) is 1. The van der Waals surface area contributed by atoms with Crippen molar-refractivity contribution >= 4 is 11.9 Å². The number of carbonyl (C=O) groups excluding carboxylic acids is 1. The van der Waals surface area contributed by atoms with Gasteiger partial charge in [0.25, 0.3) is 0 Å². The molecule has 32 heavy (non-hydrogen) atoms. The van der Waals surface area contributed by atoms with Gasteiger partial charge >= 0.3 is 0 Å². The third kappa shape index (κ3) is 3.45. The number of nitrogens with zero attached hydrogens (tertiary/aromatic N) is 3. The van der Waals surface area contributed by atoms with Crippen LogP contribution in [0.1, 0.15) is 18.5 Å². The molecule has 1 atom stereocenters. The molecule has 0 fully saturated rings. The maximum absolute atomic E-state index is 12.5.